The number of aromatic nitrogens is 2. The molecule has 4 amide bonds. The second-order valence-electron chi connectivity index (χ2n) is 20.8. The third-order valence-corrected chi connectivity index (χ3v) is 15.2. The lowest BCUT2D eigenvalue weighted by Gasteiger charge is -2.37. The molecule has 76 heavy (non-hydrogen) atoms. The van der Waals surface area contributed by atoms with Crippen LogP contribution in [0.5, 0.6) is 5.75 Å². The zero-order valence-corrected chi connectivity index (χ0v) is 46.2. The molecule has 0 aliphatic carbocycles. The zero-order valence-electron chi connectivity index (χ0n) is 45.4. The minimum absolute atomic E-state index is 0.0345. The number of thiazole rings is 1. The standard InChI is InChI=1S/C58H75N7O10S/c1-10-64(44-19-21-72-22-20-44)49-29-43(28-47(37(49)4)54(68)59-31-48-35(2)27-36(3)61-55(48)69)41-15-17-46(18-16-41)75-26-25-73-23-24-74-33-51(67)63-53(58(7,8)9)57(71)65-32-45(66)30-50(65)56(70)62-38(5)40-11-13-42(14-12-40)52-39(6)60-34-76-52/h11-18,27-29,34,38,44-45,50,53,66H,10,19-26,30-33H2,1-9H3,(H,59,68)(H,61,69)(H,62,70)(H,63,67)/t38-,45+,50-,53+/m0/s1. The van der Waals surface area contributed by atoms with E-state index in [4.69, 9.17) is 18.9 Å². The molecule has 2 aromatic heterocycles. The number of H-pyrrole nitrogens is 1. The third kappa shape index (κ3) is 14.5. The van der Waals surface area contributed by atoms with Gasteiger partial charge in [0.1, 0.15) is 31.0 Å². The number of anilines is 1. The Morgan fingerprint density at radius 2 is 1.59 bits per heavy atom. The minimum Gasteiger partial charge on any atom is -0.491 e. The smallest absolute Gasteiger partial charge is 0.253 e. The van der Waals surface area contributed by atoms with Gasteiger partial charge in [-0.2, -0.15) is 0 Å². The van der Waals surface area contributed by atoms with E-state index in [9.17, 15) is 29.1 Å². The lowest BCUT2D eigenvalue weighted by atomic mass is 9.85. The van der Waals surface area contributed by atoms with Crippen LogP contribution in [-0.4, -0.2) is 127 Å². The number of aromatic amines is 1. The third-order valence-electron chi connectivity index (χ3n) is 14.2. The number of amides is 4. The molecule has 17 nitrogen and oxygen atoms in total. The Hall–Kier alpha value is -6.44. The number of likely N-dealkylation sites (tertiary alicyclic amines) is 1. The molecule has 408 valence electrons. The van der Waals surface area contributed by atoms with E-state index in [-0.39, 0.29) is 82.0 Å². The largest absolute Gasteiger partial charge is 0.491 e. The van der Waals surface area contributed by atoms with Crippen molar-refractivity contribution in [3.8, 4) is 27.3 Å². The van der Waals surface area contributed by atoms with Gasteiger partial charge >= 0.3 is 0 Å². The van der Waals surface area contributed by atoms with Crippen molar-refractivity contribution in [1.82, 2.24) is 30.8 Å². The summed E-state index contributed by atoms with van der Waals surface area (Å²) >= 11 is 1.57. The van der Waals surface area contributed by atoms with Crippen LogP contribution < -0.4 is 31.1 Å². The van der Waals surface area contributed by atoms with Crippen molar-refractivity contribution < 1.29 is 43.2 Å². The quantitative estimate of drug-likeness (QED) is 0.0439. The molecule has 5 aromatic rings. The molecule has 2 aliphatic rings. The number of aryl methyl sites for hydroxylation is 3. The Morgan fingerprint density at radius 1 is 0.908 bits per heavy atom. The van der Waals surface area contributed by atoms with E-state index >= 15 is 0 Å². The van der Waals surface area contributed by atoms with Crippen molar-refractivity contribution in [1.29, 1.82) is 0 Å². The molecular weight excluding hydrogens is 987 g/mol. The summed E-state index contributed by atoms with van der Waals surface area (Å²) < 4.78 is 23.0. The Bertz CT molecular complexity index is 2860. The number of nitrogens with one attached hydrogen (secondary N) is 4. The molecule has 3 aromatic carbocycles. The van der Waals surface area contributed by atoms with Gasteiger partial charge in [0.25, 0.3) is 11.5 Å². The van der Waals surface area contributed by atoms with Crippen molar-refractivity contribution in [3.05, 3.63) is 122 Å². The van der Waals surface area contributed by atoms with Crippen molar-refractivity contribution in [2.24, 2.45) is 5.41 Å². The summed E-state index contributed by atoms with van der Waals surface area (Å²) in [6, 6.07) is 19.5. The first-order valence-electron chi connectivity index (χ1n) is 26.3. The Kier molecular flexibility index (Phi) is 19.6. The van der Waals surface area contributed by atoms with E-state index in [1.165, 1.54) is 4.90 Å². The topological polar surface area (TPSA) is 214 Å². The Balaban J connectivity index is 0.874. The van der Waals surface area contributed by atoms with Gasteiger partial charge in [-0.15, -0.1) is 11.3 Å². The molecule has 4 heterocycles. The van der Waals surface area contributed by atoms with Gasteiger partial charge in [-0.1, -0.05) is 57.2 Å². The first-order chi connectivity index (χ1) is 36.3. The lowest BCUT2D eigenvalue weighted by Crippen LogP contribution is -2.58. The molecule has 0 radical (unpaired) electrons. The number of carbonyl (C=O) groups is 4. The molecule has 7 rings (SSSR count). The van der Waals surface area contributed by atoms with E-state index < -0.39 is 35.4 Å². The average Bonchev–Trinajstić information content (AvgIpc) is 4.02. The van der Waals surface area contributed by atoms with Crippen molar-refractivity contribution in [2.75, 3.05) is 64.2 Å². The fourth-order valence-corrected chi connectivity index (χ4v) is 10.8. The van der Waals surface area contributed by atoms with E-state index in [0.717, 1.165) is 74.7 Å². The number of aliphatic hydroxyl groups excluding tert-OH is 1. The predicted molar refractivity (Wildman–Crippen MR) is 295 cm³/mol. The molecule has 2 aliphatic heterocycles. The lowest BCUT2D eigenvalue weighted by molar-refractivity contribution is -0.144. The van der Waals surface area contributed by atoms with Gasteiger partial charge in [0.2, 0.25) is 17.7 Å². The van der Waals surface area contributed by atoms with Crippen LogP contribution in [0.1, 0.15) is 104 Å². The summed E-state index contributed by atoms with van der Waals surface area (Å²) in [4.78, 5) is 79.7. The molecule has 0 saturated carbocycles. The van der Waals surface area contributed by atoms with E-state index in [0.29, 0.717) is 30.1 Å². The molecule has 0 unspecified atom stereocenters. The van der Waals surface area contributed by atoms with Crippen LogP contribution in [-0.2, 0) is 35.1 Å². The molecule has 18 heteroatoms. The van der Waals surface area contributed by atoms with Gasteiger partial charge in [-0.25, -0.2) is 4.98 Å². The van der Waals surface area contributed by atoms with Crippen LogP contribution >= 0.6 is 11.3 Å². The van der Waals surface area contributed by atoms with Gasteiger partial charge in [0, 0.05) is 67.8 Å². The molecule has 4 atom stereocenters. The highest BCUT2D eigenvalue weighted by atomic mass is 32.1. The maximum atomic E-state index is 14.1. The zero-order chi connectivity index (χ0) is 54.7. The number of hydrogen-bond acceptors (Lipinski definition) is 13. The number of aliphatic hydroxyl groups is 1. The van der Waals surface area contributed by atoms with Crippen LogP contribution in [0, 0.1) is 33.1 Å². The number of pyridine rings is 1. The van der Waals surface area contributed by atoms with Crippen LogP contribution in [0.15, 0.2) is 77.0 Å². The number of β-amino-alcohol motifs (C(OH)–C–C–N with tert-alkyl or cyclic N) is 1. The predicted octanol–water partition coefficient (Wildman–Crippen LogP) is 7.12. The summed E-state index contributed by atoms with van der Waals surface area (Å²) in [7, 11) is 0. The molecule has 0 spiro atoms. The average molecular weight is 1060 g/mol. The summed E-state index contributed by atoms with van der Waals surface area (Å²) in [6.45, 7) is 19.9. The van der Waals surface area contributed by atoms with E-state index in [1.54, 1.807) is 11.3 Å². The highest BCUT2D eigenvalue weighted by Gasteiger charge is 2.45. The van der Waals surface area contributed by atoms with Gasteiger partial charge in [-0.3, -0.25) is 24.0 Å². The van der Waals surface area contributed by atoms with Crippen molar-refractivity contribution in [3.63, 3.8) is 0 Å². The first-order valence-corrected chi connectivity index (χ1v) is 27.1. The van der Waals surface area contributed by atoms with Crippen LogP contribution in [0.3, 0.4) is 0 Å². The summed E-state index contributed by atoms with van der Waals surface area (Å²) in [5, 5.41) is 19.5. The monoisotopic (exact) mass is 1060 g/mol. The van der Waals surface area contributed by atoms with Crippen molar-refractivity contribution >= 4 is 40.7 Å². The number of nitrogens with zero attached hydrogens (tertiary/aromatic N) is 3. The normalized spacial score (nSPS) is 16.7. The number of rotatable bonds is 22. The molecule has 2 saturated heterocycles. The van der Waals surface area contributed by atoms with Crippen LogP contribution in [0.2, 0.25) is 0 Å². The molecule has 0 bridgehead atoms. The minimum atomic E-state index is -0.994. The second kappa shape index (κ2) is 26.1. The maximum Gasteiger partial charge on any atom is 0.253 e. The van der Waals surface area contributed by atoms with Crippen LogP contribution in [0.25, 0.3) is 21.6 Å². The highest BCUT2D eigenvalue weighted by Crippen LogP contribution is 2.35. The molecule has 2 fully saturated rings. The molecule has 5 N–H and O–H groups in total. The van der Waals surface area contributed by atoms with E-state index in [2.05, 4.69) is 43.8 Å². The van der Waals surface area contributed by atoms with E-state index in [1.807, 2.05) is 122 Å². The molecular formula is C58H75N7O10S. The Morgan fingerprint density at radius 3 is 2.25 bits per heavy atom. The van der Waals surface area contributed by atoms with Gasteiger partial charge in [0.15, 0.2) is 0 Å². The van der Waals surface area contributed by atoms with Gasteiger partial charge < -0.3 is 54.8 Å². The summed E-state index contributed by atoms with van der Waals surface area (Å²) in [5.41, 5.74) is 10.0. The highest BCUT2D eigenvalue weighted by molar-refractivity contribution is 7.13. The van der Waals surface area contributed by atoms with Crippen LogP contribution in [0.4, 0.5) is 5.69 Å². The number of ether oxygens (including phenoxy) is 4. The van der Waals surface area contributed by atoms with Gasteiger partial charge in [0.05, 0.1) is 48.0 Å². The summed E-state index contributed by atoms with van der Waals surface area (Å²) in [5.74, 6) is -0.964. The fourth-order valence-electron chi connectivity index (χ4n) is 9.95. The summed E-state index contributed by atoms with van der Waals surface area (Å²) in [6.07, 6.45) is 0.963. The Labute approximate surface area is 450 Å². The number of carbonyl (C=O) groups excluding carboxylic acids is 4. The number of benzene rings is 3. The second-order valence-corrected chi connectivity index (χ2v) is 21.7. The fraction of sp³-hybridized carbons (Fsp3) is 0.483. The van der Waals surface area contributed by atoms with Crippen molar-refractivity contribution in [2.45, 2.75) is 118 Å². The first kappa shape index (κ1) is 57.3. The van der Waals surface area contributed by atoms with Gasteiger partial charge in [-0.05, 0) is 124 Å². The maximum absolute atomic E-state index is 14.1. The number of hydrogen-bond donors (Lipinski definition) is 5. The SMILES string of the molecule is CCN(c1cc(-c2ccc(OCCOCCOCC(=O)N[C@H](C(=O)N3C[C@H](O)C[C@H]3C(=O)N[C@@H](C)c3ccc(-c4scnc4C)cc3)C(C)(C)C)cc2)cc(C(=O)NCc2c(C)cc(C)[nH]c2=O)c1C)C1CCOCC1.